The maximum absolute atomic E-state index is 6.33. The predicted octanol–water partition coefficient (Wildman–Crippen LogP) is 9.74. The molecule has 0 N–H and O–H groups in total. The maximum Gasteiger partial charge on any atom is 0.135 e. The molecule has 0 aromatic heterocycles. The van der Waals surface area contributed by atoms with E-state index in [2.05, 4.69) is 109 Å². The van der Waals surface area contributed by atoms with Gasteiger partial charge in [-0.25, -0.2) is 0 Å². The van der Waals surface area contributed by atoms with Crippen molar-refractivity contribution >= 4 is 43.1 Å². The highest BCUT2D eigenvalue weighted by Crippen LogP contribution is 2.49. The SMILES string of the molecule is c1ccc2c(c1)Oc1ccc(-c3cccc4c3ccc3cc5ccccc5cc34)c3cccc-2c13. The molecule has 0 bridgehead atoms. The molecule has 1 nitrogen and oxygen atoms in total. The molecule has 0 amide bonds. The van der Waals surface area contributed by atoms with Crippen LogP contribution in [-0.2, 0) is 0 Å². The average molecular weight is 445 g/mol. The van der Waals surface area contributed by atoms with E-state index in [-0.39, 0.29) is 0 Å². The van der Waals surface area contributed by atoms with Crippen LogP contribution in [0.5, 0.6) is 11.5 Å². The van der Waals surface area contributed by atoms with E-state index >= 15 is 0 Å². The molecule has 35 heavy (non-hydrogen) atoms. The molecule has 0 unspecified atom stereocenters. The van der Waals surface area contributed by atoms with Crippen LogP contribution >= 0.6 is 0 Å². The molecule has 1 aliphatic rings. The second-order valence-electron chi connectivity index (χ2n) is 9.32. The van der Waals surface area contributed by atoms with Gasteiger partial charge in [0.1, 0.15) is 11.5 Å². The molecule has 0 atom stereocenters. The number of para-hydroxylation sites is 1. The van der Waals surface area contributed by atoms with Crippen molar-refractivity contribution in [3.05, 3.63) is 121 Å². The summed E-state index contributed by atoms with van der Waals surface area (Å²) in [6.45, 7) is 0. The minimum absolute atomic E-state index is 0.920. The van der Waals surface area contributed by atoms with Gasteiger partial charge in [0.15, 0.2) is 0 Å². The zero-order chi connectivity index (χ0) is 22.9. The third-order valence-corrected chi connectivity index (χ3v) is 7.43. The molecule has 7 aromatic rings. The summed E-state index contributed by atoms with van der Waals surface area (Å²) in [5, 5.41) is 10.1. The summed E-state index contributed by atoms with van der Waals surface area (Å²) >= 11 is 0. The number of fused-ring (bicyclic) bond motifs is 6. The molecule has 1 aliphatic heterocycles. The van der Waals surface area contributed by atoms with Crippen molar-refractivity contribution in [2.24, 2.45) is 0 Å². The molecule has 0 saturated heterocycles. The van der Waals surface area contributed by atoms with Crippen molar-refractivity contribution in [1.82, 2.24) is 0 Å². The first-order valence-corrected chi connectivity index (χ1v) is 12.0. The van der Waals surface area contributed by atoms with Crippen LogP contribution in [0.25, 0.3) is 65.3 Å². The Bertz CT molecular complexity index is 1980. The second-order valence-corrected chi connectivity index (χ2v) is 9.32. The molecular weight excluding hydrogens is 424 g/mol. The highest BCUT2D eigenvalue weighted by atomic mass is 16.5. The monoisotopic (exact) mass is 444 g/mol. The number of hydrogen-bond acceptors (Lipinski definition) is 1. The van der Waals surface area contributed by atoms with Gasteiger partial charge in [0.2, 0.25) is 0 Å². The van der Waals surface area contributed by atoms with Crippen LogP contribution in [0.4, 0.5) is 0 Å². The van der Waals surface area contributed by atoms with Crippen molar-refractivity contribution in [3.63, 3.8) is 0 Å². The molecular formula is C34H20O. The number of ether oxygens (including phenoxy) is 1. The van der Waals surface area contributed by atoms with Crippen molar-refractivity contribution < 1.29 is 4.74 Å². The van der Waals surface area contributed by atoms with E-state index in [1.54, 1.807) is 0 Å². The predicted molar refractivity (Wildman–Crippen MR) is 147 cm³/mol. The van der Waals surface area contributed by atoms with Gasteiger partial charge in [0, 0.05) is 10.9 Å². The van der Waals surface area contributed by atoms with E-state index in [1.807, 2.05) is 12.1 Å². The Morgan fingerprint density at radius 1 is 0.343 bits per heavy atom. The number of rotatable bonds is 1. The Labute approximate surface area is 202 Å². The lowest BCUT2D eigenvalue weighted by Crippen LogP contribution is -1.97. The van der Waals surface area contributed by atoms with Crippen molar-refractivity contribution in [2.45, 2.75) is 0 Å². The van der Waals surface area contributed by atoms with Gasteiger partial charge in [-0.1, -0.05) is 97.1 Å². The quantitative estimate of drug-likeness (QED) is 0.181. The van der Waals surface area contributed by atoms with Crippen LogP contribution in [-0.4, -0.2) is 0 Å². The van der Waals surface area contributed by atoms with Gasteiger partial charge in [0.05, 0.1) is 0 Å². The summed E-state index contributed by atoms with van der Waals surface area (Å²) in [7, 11) is 0. The largest absolute Gasteiger partial charge is 0.456 e. The Kier molecular flexibility index (Phi) is 3.72. The van der Waals surface area contributed by atoms with Gasteiger partial charge in [0.25, 0.3) is 0 Å². The van der Waals surface area contributed by atoms with E-state index in [1.165, 1.54) is 59.8 Å². The third-order valence-electron chi connectivity index (χ3n) is 7.43. The van der Waals surface area contributed by atoms with Crippen LogP contribution < -0.4 is 4.74 Å². The molecule has 1 heteroatoms. The Morgan fingerprint density at radius 3 is 1.97 bits per heavy atom. The van der Waals surface area contributed by atoms with Gasteiger partial charge >= 0.3 is 0 Å². The molecule has 1 heterocycles. The molecule has 8 rings (SSSR count). The molecule has 0 saturated carbocycles. The van der Waals surface area contributed by atoms with Crippen LogP contribution in [0.3, 0.4) is 0 Å². The lowest BCUT2D eigenvalue weighted by atomic mass is 9.88. The molecule has 162 valence electrons. The fourth-order valence-corrected chi connectivity index (χ4v) is 5.83. The second kappa shape index (κ2) is 6.94. The molecule has 0 spiro atoms. The zero-order valence-electron chi connectivity index (χ0n) is 19.0. The van der Waals surface area contributed by atoms with Crippen molar-refractivity contribution in [2.75, 3.05) is 0 Å². The Hall–Kier alpha value is -4.62. The molecule has 0 fully saturated rings. The van der Waals surface area contributed by atoms with Crippen LogP contribution in [0.2, 0.25) is 0 Å². The zero-order valence-corrected chi connectivity index (χ0v) is 19.0. The Balaban J connectivity index is 1.44. The van der Waals surface area contributed by atoms with E-state index < -0.39 is 0 Å². The van der Waals surface area contributed by atoms with Gasteiger partial charge < -0.3 is 4.74 Å². The standard InChI is InChI=1S/C34H20O/c1-2-8-22-20-31-23(19-21(22)7-1)15-16-26-24(10-5-11-25(26)31)27-17-18-33-34-29(27)12-6-13-30(34)28-9-3-4-14-32(28)35-33/h1-20H. The highest BCUT2D eigenvalue weighted by molar-refractivity contribution is 6.18. The highest BCUT2D eigenvalue weighted by Gasteiger charge is 2.21. The summed E-state index contributed by atoms with van der Waals surface area (Å²) in [5.74, 6) is 1.85. The van der Waals surface area contributed by atoms with Gasteiger partial charge in [-0.2, -0.15) is 0 Å². The van der Waals surface area contributed by atoms with Crippen LogP contribution in [0.15, 0.2) is 121 Å². The van der Waals surface area contributed by atoms with Gasteiger partial charge in [-0.3, -0.25) is 0 Å². The molecule has 0 radical (unpaired) electrons. The van der Waals surface area contributed by atoms with E-state index in [0.717, 1.165) is 17.1 Å². The molecule has 0 aliphatic carbocycles. The third kappa shape index (κ3) is 2.64. The fourth-order valence-electron chi connectivity index (χ4n) is 5.83. The van der Waals surface area contributed by atoms with Crippen LogP contribution in [0, 0.1) is 0 Å². The minimum atomic E-state index is 0.920. The first-order valence-electron chi connectivity index (χ1n) is 12.0. The molecule has 7 aromatic carbocycles. The summed E-state index contributed by atoms with van der Waals surface area (Å²) in [4.78, 5) is 0. The number of hydrogen-bond donors (Lipinski definition) is 0. The van der Waals surface area contributed by atoms with Gasteiger partial charge in [-0.15, -0.1) is 0 Å². The summed E-state index contributed by atoms with van der Waals surface area (Å²) in [6.07, 6.45) is 0. The normalized spacial score (nSPS) is 12.2. The van der Waals surface area contributed by atoms with Crippen molar-refractivity contribution in [3.8, 4) is 33.8 Å². The fraction of sp³-hybridized carbons (Fsp3) is 0. The summed E-state index contributed by atoms with van der Waals surface area (Å²) in [5.41, 5.74) is 4.87. The minimum Gasteiger partial charge on any atom is -0.456 e. The topological polar surface area (TPSA) is 9.23 Å². The first-order chi connectivity index (χ1) is 17.3. The first kappa shape index (κ1) is 18.8. The average Bonchev–Trinajstić information content (AvgIpc) is 2.92. The number of benzene rings is 7. The maximum atomic E-state index is 6.33. The Morgan fingerprint density at radius 2 is 1.06 bits per heavy atom. The van der Waals surface area contributed by atoms with Gasteiger partial charge in [-0.05, 0) is 78.7 Å². The smallest absolute Gasteiger partial charge is 0.135 e. The van der Waals surface area contributed by atoms with Crippen molar-refractivity contribution in [1.29, 1.82) is 0 Å². The van der Waals surface area contributed by atoms with E-state index in [4.69, 9.17) is 4.74 Å². The van der Waals surface area contributed by atoms with Crippen LogP contribution in [0.1, 0.15) is 0 Å². The van der Waals surface area contributed by atoms with E-state index in [0.29, 0.717) is 0 Å². The van der Waals surface area contributed by atoms with E-state index in [9.17, 15) is 0 Å². The summed E-state index contributed by atoms with van der Waals surface area (Å²) in [6, 6.07) is 43.7. The summed E-state index contributed by atoms with van der Waals surface area (Å²) < 4.78 is 6.33. The lowest BCUT2D eigenvalue weighted by Gasteiger charge is -2.22. The lowest BCUT2D eigenvalue weighted by molar-refractivity contribution is 0.487.